The predicted molar refractivity (Wildman–Crippen MR) is 148 cm³/mol. The lowest BCUT2D eigenvalue weighted by atomic mass is 9.95. The smallest absolute Gasteiger partial charge is 0.309 e. The number of thiocarbonyl (C=S) groups is 1. The summed E-state index contributed by atoms with van der Waals surface area (Å²) in [7, 11) is 1.61. The number of carbonyl (C=O) groups is 2. The van der Waals surface area contributed by atoms with Crippen molar-refractivity contribution in [2.24, 2.45) is 5.92 Å². The molecule has 2 aliphatic heterocycles. The minimum absolute atomic E-state index is 0.0698. The van der Waals surface area contributed by atoms with Crippen LogP contribution in [0, 0.1) is 24.2 Å². The van der Waals surface area contributed by atoms with E-state index in [4.69, 9.17) is 21.7 Å². The number of amides is 1. The molecule has 2 aliphatic rings. The summed E-state index contributed by atoms with van der Waals surface area (Å²) >= 11 is 6.69. The van der Waals surface area contributed by atoms with Crippen molar-refractivity contribution in [1.29, 1.82) is 5.26 Å². The largest absolute Gasteiger partial charge is 0.466 e. The zero-order chi connectivity index (χ0) is 27.1. The first-order chi connectivity index (χ1) is 17.8. The fourth-order valence-corrected chi connectivity index (χ4v) is 5.98. The zero-order valence-corrected chi connectivity index (χ0v) is 23.5. The number of methoxy groups -OCH3 is 1. The molecule has 2 fully saturated rings. The summed E-state index contributed by atoms with van der Waals surface area (Å²) in [5.41, 5.74) is 0.928. The van der Waals surface area contributed by atoms with Gasteiger partial charge in [-0.15, -0.1) is 0 Å². The van der Waals surface area contributed by atoms with E-state index in [1.165, 1.54) is 11.8 Å². The Bertz CT molecular complexity index is 1180. The van der Waals surface area contributed by atoms with Crippen LogP contribution in [0.4, 0.5) is 5.82 Å². The van der Waals surface area contributed by atoms with Gasteiger partial charge in [0.25, 0.3) is 11.5 Å². The minimum atomic E-state index is -0.339. The summed E-state index contributed by atoms with van der Waals surface area (Å²) in [6.45, 7) is 8.38. The summed E-state index contributed by atoms with van der Waals surface area (Å²) in [4.78, 5) is 43.0. The number of hydrogen-bond donors (Lipinski definition) is 0. The maximum Gasteiger partial charge on any atom is 0.309 e. The van der Waals surface area contributed by atoms with Gasteiger partial charge in [0.15, 0.2) is 0 Å². The van der Waals surface area contributed by atoms with Crippen molar-refractivity contribution >= 4 is 52.1 Å². The van der Waals surface area contributed by atoms with E-state index in [1.54, 1.807) is 36.5 Å². The Balaban J connectivity index is 2.07. The molecule has 0 unspecified atom stereocenters. The Hall–Kier alpha value is -2.68. The summed E-state index contributed by atoms with van der Waals surface area (Å²) in [6.07, 6.45) is 4.32. The van der Waals surface area contributed by atoms with E-state index in [0.717, 1.165) is 0 Å². The van der Waals surface area contributed by atoms with Gasteiger partial charge in [0.1, 0.15) is 21.8 Å². The molecule has 200 valence electrons. The van der Waals surface area contributed by atoms with Gasteiger partial charge in [0.2, 0.25) is 0 Å². The third-order valence-electron chi connectivity index (χ3n) is 6.59. The first-order valence-electron chi connectivity index (χ1n) is 12.6. The second-order valence-electron chi connectivity index (χ2n) is 9.00. The Morgan fingerprint density at radius 3 is 2.54 bits per heavy atom. The van der Waals surface area contributed by atoms with Crippen LogP contribution < -0.4 is 10.5 Å². The lowest BCUT2D eigenvalue weighted by Gasteiger charge is -2.35. The highest BCUT2D eigenvalue weighted by Gasteiger charge is 2.34. The lowest BCUT2D eigenvalue weighted by molar-refractivity contribution is -0.148. The van der Waals surface area contributed by atoms with Crippen molar-refractivity contribution in [2.45, 2.75) is 53.0 Å². The van der Waals surface area contributed by atoms with E-state index in [9.17, 15) is 19.6 Å². The van der Waals surface area contributed by atoms with E-state index in [2.05, 4.69) is 11.0 Å². The molecule has 11 heteroatoms. The molecule has 1 aromatic heterocycles. The third-order valence-corrected chi connectivity index (χ3v) is 7.97. The molecule has 1 amide bonds. The number of ether oxygens (including phenoxy) is 2. The summed E-state index contributed by atoms with van der Waals surface area (Å²) < 4.78 is 12.4. The van der Waals surface area contributed by atoms with Crippen molar-refractivity contribution < 1.29 is 19.1 Å². The molecule has 0 aliphatic carbocycles. The first kappa shape index (κ1) is 28.9. The van der Waals surface area contributed by atoms with E-state index in [1.807, 2.05) is 6.92 Å². The van der Waals surface area contributed by atoms with Crippen molar-refractivity contribution in [2.75, 3.05) is 44.9 Å². The van der Waals surface area contributed by atoms with Crippen LogP contribution in [-0.4, -0.2) is 65.6 Å². The van der Waals surface area contributed by atoms with Gasteiger partial charge < -0.3 is 14.4 Å². The van der Waals surface area contributed by atoms with E-state index in [-0.39, 0.29) is 28.9 Å². The molecule has 0 atom stereocenters. The van der Waals surface area contributed by atoms with E-state index in [0.29, 0.717) is 91.2 Å². The maximum absolute atomic E-state index is 13.3. The van der Waals surface area contributed by atoms with Gasteiger partial charge >= 0.3 is 5.97 Å². The highest BCUT2D eigenvalue weighted by molar-refractivity contribution is 8.26. The molecule has 3 rings (SSSR count). The average Bonchev–Trinajstić information content (AvgIpc) is 3.15. The quantitative estimate of drug-likeness (QED) is 0.189. The Labute approximate surface area is 227 Å². The van der Waals surface area contributed by atoms with Crippen LogP contribution >= 0.6 is 24.0 Å². The molecule has 0 aromatic carbocycles. The molecule has 9 nitrogen and oxygen atoms in total. The minimum Gasteiger partial charge on any atom is -0.466 e. The van der Waals surface area contributed by atoms with E-state index < -0.39 is 0 Å². The fraction of sp³-hybridized carbons (Fsp3) is 0.577. The highest BCUT2D eigenvalue weighted by Crippen LogP contribution is 2.37. The van der Waals surface area contributed by atoms with Gasteiger partial charge in [-0.3, -0.25) is 23.9 Å². The number of nitrogens with zero attached hydrogens (tertiary/aromatic N) is 4. The third kappa shape index (κ3) is 6.25. The number of hydrogen-bond acceptors (Lipinski definition) is 9. The molecule has 1 aromatic rings. The molecule has 0 bridgehead atoms. The summed E-state index contributed by atoms with van der Waals surface area (Å²) in [5.74, 6) is 0.106. The molecule has 0 radical (unpaired) electrons. The van der Waals surface area contributed by atoms with Gasteiger partial charge in [0, 0.05) is 45.5 Å². The van der Waals surface area contributed by atoms with Crippen molar-refractivity contribution in [1.82, 2.24) is 9.47 Å². The predicted octanol–water partition coefficient (Wildman–Crippen LogP) is 3.46. The molecular formula is C26H34N4O5S2. The van der Waals surface area contributed by atoms with Crippen LogP contribution in [0.3, 0.4) is 0 Å². The number of rotatable bonds is 10. The van der Waals surface area contributed by atoms with Crippen LogP contribution in [0.5, 0.6) is 0 Å². The van der Waals surface area contributed by atoms with Crippen LogP contribution in [0.25, 0.3) is 6.08 Å². The SMILES string of the molecule is CCCn1c(N2CCC(C(=O)OCC)CC2)c(C=C2SC(=S)N(CCCOC)C2=O)c(C)c(C#N)c1=O. The Morgan fingerprint density at radius 2 is 1.95 bits per heavy atom. The van der Waals surface area contributed by atoms with Crippen LogP contribution in [-0.2, 0) is 25.6 Å². The Kier molecular flexibility index (Phi) is 10.3. The van der Waals surface area contributed by atoms with E-state index >= 15 is 0 Å². The first-order valence-corrected chi connectivity index (χ1v) is 13.8. The molecule has 37 heavy (non-hydrogen) atoms. The molecule has 0 spiro atoms. The van der Waals surface area contributed by atoms with Gasteiger partial charge in [-0.25, -0.2) is 0 Å². The van der Waals surface area contributed by atoms with Crippen molar-refractivity contribution in [3.05, 3.63) is 31.9 Å². The van der Waals surface area contributed by atoms with Crippen molar-refractivity contribution in [3.8, 4) is 6.07 Å². The number of anilines is 1. The number of pyridine rings is 1. The topological polar surface area (TPSA) is 105 Å². The van der Waals surface area contributed by atoms with Crippen molar-refractivity contribution in [3.63, 3.8) is 0 Å². The molecule has 2 saturated heterocycles. The number of carbonyl (C=O) groups excluding carboxylic acids is 2. The average molecular weight is 547 g/mol. The van der Waals surface area contributed by atoms with Gasteiger partial charge in [-0.2, -0.15) is 5.26 Å². The second kappa shape index (κ2) is 13.2. The Morgan fingerprint density at radius 1 is 1.24 bits per heavy atom. The summed E-state index contributed by atoms with van der Waals surface area (Å²) in [5, 5.41) is 9.82. The van der Waals surface area contributed by atoms with Crippen LogP contribution in [0.2, 0.25) is 0 Å². The van der Waals surface area contributed by atoms with Gasteiger partial charge in [-0.1, -0.05) is 30.9 Å². The summed E-state index contributed by atoms with van der Waals surface area (Å²) in [6, 6.07) is 2.07. The highest BCUT2D eigenvalue weighted by atomic mass is 32.2. The number of piperidine rings is 1. The molecule has 0 saturated carbocycles. The molecule has 3 heterocycles. The number of thioether (sulfide) groups is 1. The lowest BCUT2D eigenvalue weighted by Crippen LogP contribution is -2.41. The molecular weight excluding hydrogens is 512 g/mol. The van der Waals surface area contributed by atoms with Crippen LogP contribution in [0.15, 0.2) is 9.70 Å². The fourth-order valence-electron chi connectivity index (χ4n) is 4.69. The monoisotopic (exact) mass is 546 g/mol. The second-order valence-corrected chi connectivity index (χ2v) is 10.7. The molecule has 0 N–H and O–H groups in total. The van der Waals surface area contributed by atoms with Crippen LogP contribution in [0.1, 0.15) is 56.2 Å². The normalized spacial score (nSPS) is 17.5. The number of nitriles is 1. The number of aromatic nitrogens is 1. The zero-order valence-electron chi connectivity index (χ0n) is 21.9. The van der Waals surface area contributed by atoms with Gasteiger partial charge in [0.05, 0.1) is 17.4 Å². The number of esters is 1. The van der Waals surface area contributed by atoms with Gasteiger partial charge in [-0.05, 0) is 51.2 Å². The maximum atomic E-state index is 13.3. The standard InChI is InChI=1S/C26H34N4O5S2/c1-5-10-29-22(28-12-8-18(9-13-28)25(33)35-6-2)19(17(3)20(16-27)23(29)31)15-21-24(32)30(26(36)37-21)11-7-14-34-4/h15,18H,5-14H2,1-4H3.